The standard InChI is InChI=1S/C26H27Cl2NO/c1-29(2)18-19-30-24-14-10-22(11-15-24)26(21-8-12-23(28)13-9-21)25(16-17-27)20-6-4-3-5-7-20/h3-15H,16-19H2,1-2H3/b26-25+. The van der Waals surface area contributed by atoms with Crippen molar-refractivity contribution >= 4 is 34.3 Å². The Bertz CT molecular complexity index is 949. The van der Waals surface area contributed by atoms with Gasteiger partial charge in [-0.15, -0.1) is 11.6 Å². The molecule has 0 amide bonds. The smallest absolute Gasteiger partial charge is 0.119 e. The molecular weight excluding hydrogens is 413 g/mol. The summed E-state index contributed by atoms with van der Waals surface area (Å²) < 4.78 is 5.87. The molecule has 0 saturated carbocycles. The molecule has 4 heteroatoms. The van der Waals surface area contributed by atoms with Crippen LogP contribution in [0, 0.1) is 0 Å². The number of rotatable bonds is 9. The van der Waals surface area contributed by atoms with Gasteiger partial charge in [0.25, 0.3) is 0 Å². The predicted octanol–water partition coefficient (Wildman–Crippen LogP) is 6.87. The van der Waals surface area contributed by atoms with Gasteiger partial charge in [0.1, 0.15) is 12.4 Å². The van der Waals surface area contributed by atoms with E-state index in [-0.39, 0.29) is 0 Å². The molecule has 0 aliphatic heterocycles. The maximum Gasteiger partial charge on any atom is 0.119 e. The summed E-state index contributed by atoms with van der Waals surface area (Å²) >= 11 is 12.4. The lowest BCUT2D eigenvalue weighted by Gasteiger charge is -2.17. The highest BCUT2D eigenvalue weighted by Crippen LogP contribution is 2.35. The van der Waals surface area contributed by atoms with E-state index in [0.717, 1.165) is 34.9 Å². The van der Waals surface area contributed by atoms with Gasteiger partial charge in [0, 0.05) is 17.4 Å². The minimum atomic E-state index is 0.549. The van der Waals surface area contributed by atoms with Crippen molar-refractivity contribution in [3.8, 4) is 5.75 Å². The van der Waals surface area contributed by atoms with Gasteiger partial charge < -0.3 is 9.64 Å². The van der Waals surface area contributed by atoms with Crippen LogP contribution in [0.3, 0.4) is 0 Å². The normalized spacial score (nSPS) is 12.0. The Labute approximate surface area is 189 Å². The highest BCUT2D eigenvalue weighted by molar-refractivity contribution is 6.30. The number of hydrogen-bond donors (Lipinski definition) is 0. The zero-order valence-electron chi connectivity index (χ0n) is 17.4. The van der Waals surface area contributed by atoms with Gasteiger partial charge in [-0.3, -0.25) is 0 Å². The van der Waals surface area contributed by atoms with E-state index in [1.54, 1.807) is 0 Å². The van der Waals surface area contributed by atoms with Gasteiger partial charge in [-0.2, -0.15) is 0 Å². The monoisotopic (exact) mass is 439 g/mol. The molecule has 0 aromatic heterocycles. The molecule has 0 saturated heterocycles. The van der Waals surface area contributed by atoms with Gasteiger partial charge in [-0.05, 0) is 72.6 Å². The molecule has 2 nitrogen and oxygen atoms in total. The molecule has 0 bridgehead atoms. The molecule has 3 aromatic carbocycles. The maximum atomic E-state index is 6.22. The van der Waals surface area contributed by atoms with Crippen LogP contribution in [0.25, 0.3) is 11.1 Å². The number of ether oxygens (including phenoxy) is 1. The number of nitrogens with zero attached hydrogens (tertiary/aromatic N) is 1. The van der Waals surface area contributed by atoms with Crippen LogP contribution in [0.2, 0.25) is 5.02 Å². The fourth-order valence-corrected chi connectivity index (χ4v) is 3.66. The van der Waals surface area contributed by atoms with Gasteiger partial charge in [0.2, 0.25) is 0 Å². The molecule has 0 aliphatic rings. The van der Waals surface area contributed by atoms with Crippen molar-refractivity contribution in [1.82, 2.24) is 4.90 Å². The first-order valence-corrected chi connectivity index (χ1v) is 11.0. The molecule has 0 fully saturated rings. The van der Waals surface area contributed by atoms with Crippen LogP contribution < -0.4 is 4.74 Å². The zero-order valence-corrected chi connectivity index (χ0v) is 19.0. The van der Waals surface area contributed by atoms with Crippen LogP contribution >= 0.6 is 23.2 Å². The fraction of sp³-hybridized carbons (Fsp3) is 0.231. The number of hydrogen-bond acceptors (Lipinski definition) is 2. The van der Waals surface area contributed by atoms with E-state index >= 15 is 0 Å². The number of benzene rings is 3. The molecule has 3 aromatic rings. The molecule has 156 valence electrons. The number of allylic oxidation sites excluding steroid dienone is 1. The lowest BCUT2D eigenvalue weighted by molar-refractivity contribution is 0.261. The summed E-state index contributed by atoms with van der Waals surface area (Å²) in [5.41, 5.74) is 5.80. The molecule has 0 aliphatic carbocycles. The first-order valence-electron chi connectivity index (χ1n) is 10.1. The van der Waals surface area contributed by atoms with Crippen LogP contribution in [0.15, 0.2) is 78.9 Å². The number of halogens is 2. The van der Waals surface area contributed by atoms with Gasteiger partial charge in [-0.1, -0.05) is 66.2 Å². The van der Waals surface area contributed by atoms with Crippen LogP contribution in [0.5, 0.6) is 5.75 Å². The molecule has 0 heterocycles. The minimum Gasteiger partial charge on any atom is -0.492 e. The summed E-state index contributed by atoms with van der Waals surface area (Å²) in [6, 6.07) is 26.7. The van der Waals surface area contributed by atoms with Crippen molar-refractivity contribution in [3.63, 3.8) is 0 Å². The van der Waals surface area contributed by atoms with E-state index in [4.69, 9.17) is 27.9 Å². The third kappa shape index (κ3) is 6.12. The highest BCUT2D eigenvalue weighted by atomic mass is 35.5. The summed E-state index contributed by atoms with van der Waals surface area (Å²) in [5, 5.41) is 0.723. The third-order valence-electron chi connectivity index (χ3n) is 4.85. The second-order valence-electron chi connectivity index (χ2n) is 7.34. The average molecular weight is 440 g/mol. The van der Waals surface area contributed by atoms with Crippen LogP contribution in [-0.2, 0) is 0 Å². The summed E-state index contributed by atoms with van der Waals surface area (Å²) in [4.78, 5) is 2.11. The SMILES string of the molecule is CN(C)CCOc1ccc(/C(=C(\CCCl)c2ccccc2)c2ccc(Cl)cc2)cc1. The Morgan fingerprint density at radius 3 is 1.97 bits per heavy atom. The number of likely N-dealkylation sites (N-methyl/N-ethyl adjacent to an activating group) is 1. The minimum absolute atomic E-state index is 0.549. The van der Waals surface area contributed by atoms with E-state index in [1.807, 2.05) is 44.4 Å². The molecular formula is C26H27Cl2NO. The molecule has 0 atom stereocenters. The van der Waals surface area contributed by atoms with Crippen molar-refractivity contribution in [2.45, 2.75) is 6.42 Å². The van der Waals surface area contributed by atoms with Gasteiger partial charge in [0.15, 0.2) is 0 Å². The molecule has 3 rings (SSSR count). The average Bonchev–Trinajstić information content (AvgIpc) is 2.76. The van der Waals surface area contributed by atoms with Crippen LogP contribution in [0.4, 0.5) is 0 Å². The molecule has 0 radical (unpaired) electrons. The quantitative estimate of drug-likeness (QED) is 0.266. The summed E-state index contributed by atoms with van der Waals surface area (Å²) in [6.45, 7) is 1.54. The van der Waals surface area contributed by atoms with Gasteiger partial charge in [0.05, 0.1) is 0 Å². The lowest BCUT2D eigenvalue weighted by Crippen LogP contribution is -2.19. The first kappa shape index (κ1) is 22.4. The van der Waals surface area contributed by atoms with Gasteiger partial charge in [-0.25, -0.2) is 0 Å². The Balaban J connectivity index is 2.04. The second-order valence-corrected chi connectivity index (χ2v) is 8.16. The largest absolute Gasteiger partial charge is 0.492 e. The Kier molecular flexibility index (Phi) is 8.39. The Morgan fingerprint density at radius 2 is 1.40 bits per heavy atom. The van der Waals surface area contributed by atoms with Crippen LogP contribution in [0.1, 0.15) is 23.1 Å². The van der Waals surface area contributed by atoms with Crippen molar-refractivity contribution in [2.24, 2.45) is 0 Å². The van der Waals surface area contributed by atoms with Crippen molar-refractivity contribution in [2.75, 3.05) is 33.1 Å². The van der Waals surface area contributed by atoms with E-state index in [0.29, 0.717) is 12.5 Å². The zero-order chi connectivity index (χ0) is 21.3. The summed E-state index contributed by atoms with van der Waals surface area (Å²) in [6.07, 6.45) is 0.768. The molecule has 0 spiro atoms. The fourth-order valence-electron chi connectivity index (χ4n) is 3.34. The Hall–Kier alpha value is -2.26. The number of alkyl halides is 1. The van der Waals surface area contributed by atoms with E-state index in [2.05, 4.69) is 53.4 Å². The van der Waals surface area contributed by atoms with E-state index in [1.165, 1.54) is 16.7 Å². The van der Waals surface area contributed by atoms with Crippen molar-refractivity contribution in [1.29, 1.82) is 0 Å². The molecule has 0 N–H and O–H groups in total. The topological polar surface area (TPSA) is 12.5 Å². The lowest BCUT2D eigenvalue weighted by atomic mass is 9.88. The predicted molar refractivity (Wildman–Crippen MR) is 130 cm³/mol. The highest BCUT2D eigenvalue weighted by Gasteiger charge is 2.14. The molecule has 0 unspecified atom stereocenters. The molecule has 30 heavy (non-hydrogen) atoms. The maximum absolute atomic E-state index is 6.22. The third-order valence-corrected chi connectivity index (χ3v) is 5.29. The summed E-state index contributed by atoms with van der Waals surface area (Å²) in [7, 11) is 4.08. The van der Waals surface area contributed by atoms with E-state index in [9.17, 15) is 0 Å². The van der Waals surface area contributed by atoms with Crippen molar-refractivity contribution < 1.29 is 4.74 Å². The van der Waals surface area contributed by atoms with Gasteiger partial charge >= 0.3 is 0 Å². The first-order chi connectivity index (χ1) is 14.6. The summed E-state index contributed by atoms with van der Waals surface area (Å²) in [5.74, 6) is 1.42. The van der Waals surface area contributed by atoms with E-state index < -0.39 is 0 Å². The second kappa shape index (κ2) is 11.2. The Morgan fingerprint density at radius 1 is 0.800 bits per heavy atom. The van der Waals surface area contributed by atoms with Crippen LogP contribution in [-0.4, -0.2) is 38.0 Å². The van der Waals surface area contributed by atoms with Crippen molar-refractivity contribution in [3.05, 3.63) is 101 Å².